The lowest BCUT2D eigenvalue weighted by molar-refractivity contribution is 0.0122. The van der Waals surface area contributed by atoms with E-state index in [-0.39, 0.29) is 12.0 Å². The molecule has 0 amide bonds. The Labute approximate surface area is 135 Å². The number of hydrogen-bond acceptors (Lipinski definition) is 4. The lowest BCUT2D eigenvalue weighted by atomic mass is 9.92. The summed E-state index contributed by atoms with van der Waals surface area (Å²) in [6.07, 6.45) is 0. The fourth-order valence-electron chi connectivity index (χ4n) is 1.83. The van der Waals surface area contributed by atoms with Crippen LogP contribution in [0, 0.1) is 5.92 Å². The summed E-state index contributed by atoms with van der Waals surface area (Å²) in [5.41, 5.74) is 0.124. The van der Waals surface area contributed by atoms with Crippen molar-refractivity contribution in [3.05, 3.63) is 23.8 Å². The van der Waals surface area contributed by atoms with Crippen LogP contribution in [0.1, 0.15) is 39.3 Å². The number of nitrogens with one attached hydrogen (secondary N) is 1. The molecule has 22 heavy (non-hydrogen) atoms. The molecule has 0 aromatic heterocycles. The second kappa shape index (κ2) is 8.13. The first kappa shape index (κ1) is 19.2. The highest BCUT2D eigenvalue weighted by Crippen LogP contribution is 2.35. The van der Waals surface area contributed by atoms with Gasteiger partial charge in [-0.05, 0) is 37.5 Å². The van der Waals surface area contributed by atoms with Gasteiger partial charge in [-0.2, -0.15) is 8.78 Å². The number of benzene rings is 1. The van der Waals surface area contributed by atoms with E-state index >= 15 is 0 Å². The summed E-state index contributed by atoms with van der Waals surface area (Å²) in [4.78, 5) is 0.419. The molecular weight excluding hydrogens is 308 g/mol. The third-order valence-electron chi connectivity index (χ3n) is 3.91. The monoisotopic (exact) mass is 333 g/mol. The molecule has 0 saturated heterocycles. The summed E-state index contributed by atoms with van der Waals surface area (Å²) < 4.78 is 30.2. The van der Waals surface area contributed by atoms with Gasteiger partial charge in [-0.25, -0.2) is 0 Å². The van der Waals surface area contributed by atoms with Crippen molar-refractivity contribution in [2.45, 2.75) is 50.0 Å². The van der Waals surface area contributed by atoms with Crippen molar-refractivity contribution in [3.63, 3.8) is 0 Å². The molecule has 0 aliphatic heterocycles. The number of ether oxygens (including phenoxy) is 1. The van der Waals surface area contributed by atoms with Crippen LogP contribution in [0.15, 0.2) is 23.1 Å². The zero-order valence-electron chi connectivity index (χ0n) is 13.7. The minimum Gasteiger partial charge on any atom is -0.496 e. The molecule has 2 unspecified atom stereocenters. The Morgan fingerprint density at radius 3 is 2.45 bits per heavy atom. The normalized spacial score (nSPS) is 15.9. The summed E-state index contributed by atoms with van der Waals surface area (Å²) in [7, 11) is 1.47. The summed E-state index contributed by atoms with van der Waals surface area (Å²) in [6, 6.07) is 5.18. The Morgan fingerprint density at radius 1 is 1.32 bits per heavy atom. The van der Waals surface area contributed by atoms with Crippen LogP contribution in [-0.2, 0) is 0 Å². The zero-order chi connectivity index (χ0) is 16.9. The maximum atomic E-state index is 12.5. The highest BCUT2D eigenvalue weighted by molar-refractivity contribution is 7.99. The highest BCUT2D eigenvalue weighted by atomic mass is 32.2. The molecule has 126 valence electrons. The van der Waals surface area contributed by atoms with E-state index in [9.17, 15) is 13.9 Å². The van der Waals surface area contributed by atoms with Crippen molar-refractivity contribution in [1.82, 2.24) is 5.32 Å². The van der Waals surface area contributed by atoms with E-state index in [4.69, 9.17) is 4.74 Å². The molecule has 1 aromatic rings. The molecule has 0 aliphatic carbocycles. The van der Waals surface area contributed by atoms with Crippen molar-refractivity contribution >= 4 is 11.8 Å². The summed E-state index contributed by atoms with van der Waals surface area (Å²) in [5, 5.41) is 13.5. The van der Waals surface area contributed by atoms with Crippen molar-refractivity contribution < 1.29 is 18.6 Å². The lowest BCUT2D eigenvalue weighted by Gasteiger charge is -2.30. The van der Waals surface area contributed by atoms with Gasteiger partial charge in [0, 0.05) is 12.6 Å². The number of hydrogen-bond donors (Lipinski definition) is 2. The molecule has 0 bridgehead atoms. The van der Waals surface area contributed by atoms with E-state index in [2.05, 4.69) is 5.32 Å². The van der Waals surface area contributed by atoms with Gasteiger partial charge in [-0.3, -0.25) is 0 Å². The third kappa shape index (κ3) is 5.41. The van der Waals surface area contributed by atoms with Crippen LogP contribution < -0.4 is 10.1 Å². The van der Waals surface area contributed by atoms with Crippen molar-refractivity contribution in [1.29, 1.82) is 0 Å². The first-order valence-electron chi connectivity index (χ1n) is 7.26. The first-order chi connectivity index (χ1) is 10.2. The van der Waals surface area contributed by atoms with E-state index in [0.717, 1.165) is 5.56 Å². The number of methoxy groups -OCH3 is 1. The Morgan fingerprint density at radius 2 is 1.95 bits per heavy atom. The molecule has 0 spiro atoms. The maximum Gasteiger partial charge on any atom is 0.289 e. The van der Waals surface area contributed by atoms with Gasteiger partial charge in [0.1, 0.15) is 5.75 Å². The van der Waals surface area contributed by atoms with Gasteiger partial charge in [0.05, 0.1) is 17.6 Å². The minimum absolute atomic E-state index is 0.0234. The summed E-state index contributed by atoms with van der Waals surface area (Å²) in [6.45, 7) is 8.13. The molecule has 0 saturated carbocycles. The first-order valence-corrected chi connectivity index (χ1v) is 8.14. The van der Waals surface area contributed by atoms with E-state index in [1.165, 1.54) is 7.11 Å². The number of rotatable bonds is 8. The number of thioether (sulfide) groups is 1. The topological polar surface area (TPSA) is 41.5 Å². The van der Waals surface area contributed by atoms with Gasteiger partial charge in [0.2, 0.25) is 0 Å². The molecule has 6 heteroatoms. The quantitative estimate of drug-likeness (QED) is 0.704. The molecule has 2 atom stereocenters. The SMILES string of the molecule is COc1cc(C(C)NCC(C)(O)C(C)C)ccc1SC(F)F. The van der Waals surface area contributed by atoms with Gasteiger partial charge in [0.15, 0.2) is 0 Å². The Balaban J connectivity index is 2.80. The largest absolute Gasteiger partial charge is 0.496 e. The maximum absolute atomic E-state index is 12.5. The molecule has 3 nitrogen and oxygen atoms in total. The fraction of sp³-hybridized carbons (Fsp3) is 0.625. The second-order valence-electron chi connectivity index (χ2n) is 5.90. The van der Waals surface area contributed by atoms with E-state index in [1.807, 2.05) is 20.8 Å². The summed E-state index contributed by atoms with van der Waals surface area (Å²) in [5.74, 6) is -1.91. The highest BCUT2D eigenvalue weighted by Gasteiger charge is 2.25. The van der Waals surface area contributed by atoms with E-state index in [0.29, 0.717) is 29.0 Å². The molecular formula is C16H25F2NO2S. The second-order valence-corrected chi connectivity index (χ2v) is 6.94. The molecule has 0 radical (unpaired) electrons. The predicted octanol–water partition coefficient (Wildman–Crippen LogP) is 4.07. The summed E-state index contributed by atoms with van der Waals surface area (Å²) >= 11 is 0.473. The Bertz CT molecular complexity index is 481. The zero-order valence-corrected chi connectivity index (χ0v) is 14.5. The van der Waals surface area contributed by atoms with Crippen LogP contribution in [0.4, 0.5) is 8.78 Å². The molecule has 0 heterocycles. The van der Waals surface area contributed by atoms with Gasteiger partial charge in [-0.15, -0.1) is 0 Å². The average Bonchev–Trinajstić information content (AvgIpc) is 2.44. The van der Waals surface area contributed by atoms with Gasteiger partial charge in [-0.1, -0.05) is 31.7 Å². The van der Waals surface area contributed by atoms with Crippen molar-refractivity contribution in [2.24, 2.45) is 5.92 Å². The molecule has 2 N–H and O–H groups in total. The van der Waals surface area contributed by atoms with Crippen molar-refractivity contribution in [3.8, 4) is 5.75 Å². The standard InChI is InChI=1S/C16H25F2NO2S/c1-10(2)16(4,20)9-19-11(3)12-6-7-14(22-15(17)18)13(8-12)21-5/h6-8,10-11,15,19-20H,9H2,1-5H3. The van der Waals surface area contributed by atoms with Crippen LogP contribution in [-0.4, -0.2) is 30.1 Å². The molecule has 0 aliphatic rings. The number of alkyl halides is 2. The average molecular weight is 333 g/mol. The van der Waals surface area contributed by atoms with Gasteiger partial charge in [0.25, 0.3) is 5.76 Å². The number of aliphatic hydroxyl groups is 1. The van der Waals surface area contributed by atoms with Crippen LogP contribution in [0.25, 0.3) is 0 Å². The van der Waals surface area contributed by atoms with E-state index in [1.54, 1.807) is 25.1 Å². The molecule has 1 aromatic carbocycles. The molecule has 1 rings (SSSR count). The smallest absolute Gasteiger partial charge is 0.289 e. The Kier molecular flexibility index (Phi) is 7.09. The van der Waals surface area contributed by atoms with Crippen LogP contribution in [0.5, 0.6) is 5.75 Å². The van der Waals surface area contributed by atoms with Crippen LogP contribution in [0.2, 0.25) is 0 Å². The Hall–Kier alpha value is -0.850. The minimum atomic E-state index is -2.48. The fourth-order valence-corrected chi connectivity index (χ4v) is 2.43. The third-order valence-corrected chi connectivity index (χ3v) is 4.68. The van der Waals surface area contributed by atoms with Crippen LogP contribution >= 0.6 is 11.8 Å². The van der Waals surface area contributed by atoms with Gasteiger partial charge >= 0.3 is 0 Å². The number of halogens is 2. The molecule has 0 fully saturated rings. The van der Waals surface area contributed by atoms with E-state index < -0.39 is 11.4 Å². The van der Waals surface area contributed by atoms with Crippen molar-refractivity contribution in [2.75, 3.05) is 13.7 Å². The predicted molar refractivity (Wildman–Crippen MR) is 86.7 cm³/mol. The van der Waals surface area contributed by atoms with Gasteiger partial charge < -0.3 is 15.2 Å². The lowest BCUT2D eigenvalue weighted by Crippen LogP contribution is -2.42. The van der Waals surface area contributed by atoms with Crippen LogP contribution in [0.3, 0.4) is 0 Å².